The van der Waals surface area contributed by atoms with Crippen LogP contribution in [0.15, 0.2) is 48.7 Å². The number of carbonyl (C=O) groups is 1. The van der Waals surface area contributed by atoms with Gasteiger partial charge in [-0.2, -0.15) is 5.10 Å². The van der Waals surface area contributed by atoms with E-state index in [0.29, 0.717) is 11.5 Å². The second kappa shape index (κ2) is 4.70. The maximum atomic E-state index is 12.5. The first-order chi connectivity index (χ1) is 10.7. The lowest BCUT2D eigenvalue weighted by Gasteiger charge is -2.06. The average molecular weight is 291 g/mol. The summed E-state index contributed by atoms with van der Waals surface area (Å²) < 4.78 is 1.86. The third-order valence-electron chi connectivity index (χ3n) is 3.73. The first kappa shape index (κ1) is 12.6. The van der Waals surface area contributed by atoms with Crippen molar-refractivity contribution < 1.29 is 4.79 Å². The van der Waals surface area contributed by atoms with Gasteiger partial charge < -0.3 is 4.57 Å². The SMILES string of the molecule is Cn1c(NC(=O)c2cccc3cn[nH]c23)nc2ccccc21. The van der Waals surface area contributed by atoms with Crippen LogP contribution in [0.1, 0.15) is 10.4 Å². The molecule has 1 amide bonds. The third kappa shape index (κ3) is 1.85. The van der Waals surface area contributed by atoms with Crippen LogP contribution < -0.4 is 5.32 Å². The van der Waals surface area contributed by atoms with Gasteiger partial charge in [-0.25, -0.2) is 4.98 Å². The molecule has 0 aliphatic heterocycles. The molecular formula is C16H13N5O. The third-order valence-corrected chi connectivity index (χ3v) is 3.73. The highest BCUT2D eigenvalue weighted by Crippen LogP contribution is 2.20. The topological polar surface area (TPSA) is 75.6 Å². The van der Waals surface area contributed by atoms with Gasteiger partial charge in [0.25, 0.3) is 5.91 Å². The fraction of sp³-hybridized carbons (Fsp3) is 0.0625. The minimum Gasteiger partial charge on any atom is -0.313 e. The molecule has 2 N–H and O–H groups in total. The van der Waals surface area contributed by atoms with E-state index >= 15 is 0 Å². The van der Waals surface area contributed by atoms with E-state index in [1.165, 1.54) is 0 Å². The minimum absolute atomic E-state index is 0.215. The Balaban J connectivity index is 1.74. The molecule has 108 valence electrons. The van der Waals surface area contributed by atoms with Crippen molar-refractivity contribution in [3.05, 3.63) is 54.2 Å². The zero-order valence-corrected chi connectivity index (χ0v) is 11.9. The Bertz CT molecular complexity index is 998. The Morgan fingerprint density at radius 2 is 2.05 bits per heavy atom. The Kier molecular flexibility index (Phi) is 2.69. The molecule has 2 aromatic heterocycles. The maximum Gasteiger partial charge on any atom is 0.260 e. The van der Waals surface area contributed by atoms with E-state index in [1.807, 2.05) is 48.0 Å². The van der Waals surface area contributed by atoms with Crippen molar-refractivity contribution in [1.82, 2.24) is 19.7 Å². The summed E-state index contributed by atoms with van der Waals surface area (Å²) in [5, 5.41) is 10.6. The van der Waals surface area contributed by atoms with Crippen molar-refractivity contribution in [2.75, 3.05) is 5.32 Å². The van der Waals surface area contributed by atoms with Crippen LogP contribution in [0.2, 0.25) is 0 Å². The molecule has 2 heterocycles. The largest absolute Gasteiger partial charge is 0.313 e. The maximum absolute atomic E-state index is 12.5. The lowest BCUT2D eigenvalue weighted by Crippen LogP contribution is -2.15. The molecule has 4 aromatic rings. The number of rotatable bonds is 2. The summed E-state index contributed by atoms with van der Waals surface area (Å²) in [5.41, 5.74) is 3.08. The quantitative estimate of drug-likeness (QED) is 0.596. The Labute approximate surface area is 125 Å². The summed E-state index contributed by atoms with van der Waals surface area (Å²) in [5.74, 6) is 0.302. The van der Waals surface area contributed by atoms with Gasteiger partial charge in [-0.1, -0.05) is 24.3 Å². The molecule has 0 radical (unpaired) electrons. The summed E-state index contributed by atoms with van der Waals surface area (Å²) in [6.45, 7) is 0. The number of H-pyrrole nitrogens is 1. The van der Waals surface area contributed by atoms with E-state index in [9.17, 15) is 4.79 Å². The number of carbonyl (C=O) groups excluding carboxylic acids is 1. The molecule has 0 atom stereocenters. The standard InChI is InChI=1S/C16H13N5O/c1-21-13-8-3-2-7-12(13)18-16(21)19-15(22)11-6-4-5-10-9-17-20-14(10)11/h2-9H,1H3,(H,17,20)(H,18,19,22). The number of fused-ring (bicyclic) bond motifs is 2. The van der Waals surface area contributed by atoms with Crippen LogP contribution in [0.3, 0.4) is 0 Å². The van der Waals surface area contributed by atoms with Gasteiger partial charge in [-0.15, -0.1) is 0 Å². The van der Waals surface area contributed by atoms with Crippen molar-refractivity contribution in [2.24, 2.45) is 7.05 Å². The molecule has 6 nitrogen and oxygen atoms in total. The average Bonchev–Trinajstić information content (AvgIpc) is 3.13. The number of nitrogens with one attached hydrogen (secondary N) is 2. The van der Waals surface area contributed by atoms with Gasteiger partial charge >= 0.3 is 0 Å². The molecule has 0 saturated heterocycles. The van der Waals surface area contributed by atoms with Crippen LogP contribution in [0.5, 0.6) is 0 Å². The normalized spacial score (nSPS) is 11.1. The zero-order valence-electron chi connectivity index (χ0n) is 11.9. The molecule has 0 fully saturated rings. The van der Waals surface area contributed by atoms with Gasteiger partial charge in [0.05, 0.1) is 28.3 Å². The number of benzene rings is 2. The number of anilines is 1. The molecule has 0 spiro atoms. The van der Waals surface area contributed by atoms with Crippen molar-refractivity contribution in [2.45, 2.75) is 0 Å². The number of nitrogens with zero attached hydrogens (tertiary/aromatic N) is 3. The van der Waals surface area contributed by atoms with E-state index in [1.54, 1.807) is 12.3 Å². The predicted octanol–water partition coefficient (Wildman–Crippen LogP) is 2.70. The van der Waals surface area contributed by atoms with E-state index in [-0.39, 0.29) is 5.91 Å². The first-order valence-corrected chi connectivity index (χ1v) is 6.89. The summed E-state index contributed by atoms with van der Waals surface area (Å²) in [7, 11) is 1.88. The van der Waals surface area contributed by atoms with Crippen LogP contribution in [-0.2, 0) is 7.05 Å². The smallest absolute Gasteiger partial charge is 0.260 e. The molecule has 6 heteroatoms. The molecule has 0 saturated carbocycles. The van der Waals surface area contributed by atoms with Crippen molar-refractivity contribution in [3.63, 3.8) is 0 Å². The van der Waals surface area contributed by atoms with Crippen LogP contribution in [0.4, 0.5) is 5.95 Å². The first-order valence-electron chi connectivity index (χ1n) is 6.89. The highest BCUT2D eigenvalue weighted by Gasteiger charge is 2.15. The molecular weight excluding hydrogens is 278 g/mol. The second-order valence-corrected chi connectivity index (χ2v) is 5.08. The lowest BCUT2D eigenvalue weighted by atomic mass is 10.1. The van der Waals surface area contributed by atoms with Gasteiger partial charge in [0.15, 0.2) is 0 Å². The number of hydrogen-bond donors (Lipinski definition) is 2. The summed E-state index contributed by atoms with van der Waals surface area (Å²) in [6, 6.07) is 13.3. The second-order valence-electron chi connectivity index (χ2n) is 5.08. The molecule has 0 bridgehead atoms. The molecule has 0 aliphatic rings. The van der Waals surface area contributed by atoms with Gasteiger partial charge in [0, 0.05) is 12.4 Å². The van der Waals surface area contributed by atoms with E-state index in [0.717, 1.165) is 21.9 Å². The van der Waals surface area contributed by atoms with Crippen molar-refractivity contribution >= 4 is 33.8 Å². The lowest BCUT2D eigenvalue weighted by molar-refractivity contribution is 0.102. The highest BCUT2D eigenvalue weighted by molar-refractivity contribution is 6.11. The van der Waals surface area contributed by atoms with Gasteiger partial charge in [-0.3, -0.25) is 15.2 Å². The highest BCUT2D eigenvalue weighted by atomic mass is 16.1. The van der Waals surface area contributed by atoms with Crippen molar-refractivity contribution in [1.29, 1.82) is 0 Å². The summed E-state index contributed by atoms with van der Waals surface area (Å²) >= 11 is 0. The minimum atomic E-state index is -0.215. The van der Waals surface area contributed by atoms with Gasteiger partial charge in [-0.05, 0) is 18.2 Å². The number of imidazole rings is 1. The zero-order chi connectivity index (χ0) is 15.1. The van der Waals surface area contributed by atoms with Crippen LogP contribution in [-0.4, -0.2) is 25.7 Å². The fourth-order valence-electron chi connectivity index (χ4n) is 2.58. The predicted molar refractivity (Wildman–Crippen MR) is 84.8 cm³/mol. The monoisotopic (exact) mass is 291 g/mol. The van der Waals surface area contributed by atoms with Gasteiger partial charge in [0.2, 0.25) is 5.95 Å². The van der Waals surface area contributed by atoms with Crippen LogP contribution >= 0.6 is 0 Å². The molecule has 2 aromatic carbocycles. The van der Waals surface area contributed by atoms with Crippen molar-refractivity contribution in [3.8, 4) is 0 Å². The number of aromatic nitrogens is 4. The summed E-state index contributed by atoms with van der Waals surface area (Å²) in [6.07, 6.45) is 1.70. The Hall–Kier alpha value is -3.15. The fourth-order valence-corrected chi connectivity index (χ4v) is 2.58. The van der Waals surface area contributed by atoms with Crippen LogP contribution in [0, 0.1) is 0 Å². The number of aromatic amines is 1. The molecule has 4 rings (SSSR count). The summed E-state index contributed by atoms with van der Waals surface area (Å²) in [4.78, 5) is 17.0. The van der Waals surface area contributed by atoms with E-state index in [4.69, 9.17) is 0 Å². The Morgan fingerprint density at radius 3 is 2.91 bits per heavy atom. The molecule has 0 unspecified atom stereocenters. The molecule has 22 heavy (non-hydrogen) atoms. The number of hydrogen-bond acceptors (Lipinski definition) is 3. The number of para-hydroxylation sites is 3. The van der Waals surface area contributed by atoms with E-state index in [2.05, 4.69) is 20.5 Å². The number of aryl methyl sites for hydroxylation is 1. The molecule has 0 aliphatic carbocycles. The van der Waals surface area contributed by atoms with Gasteiger partial charge in [0.1, 0.15) is 0 Å². The number of amides is 1. The Morgan fingerprint density at radius 1 is 1.18 bits per heavy atom. The van der Waals surface area contributed by atoms with E-state index < -0.39 is 0 Å². The van der Waals surface area contributed by atoms with Crippen LogP contribution in [0.25, 0.3) is 21.9 Å².